The number of para-hydroxylation sites is 2. The van der Waals surface area contributed by atoms with Gasteiger partial charge in [-0.1, -0.05) is 72.8 Å². The second kappa shape index (κ2) is 9.03. The highest BCUT2D eigenvalue weighted by Crippen LogP contribution is 2.46. The van der Waals surface area contributed by atoms with Crippen LogP contribution in [0, 0.1) is 0 Å². The maximum Gasteiger partial charge on any atom is 0.135 e. The molecule has 40 heavy (non-hydrogen) atoms. The first-order valence-electron chi connectivity index (χ1n) is 13.8. The lowest BCUT2D eigenvalue weighted by molar-refractivity contribution is 0.403. The fourth-order valence-corrected chi connectivity index (χ4v) is 6.23. The number of allylic oxidation sites excluding steroid dienone is 5. The molecule has 4 heteroatoms. The minimum absolute atomic E-state index is 0.514. The van der Waals surface area contributed by atoms with Gasteiger partial charge in [-0.25, -0.2) is 5.43 Å². The topological polar surface area (TPSA) is 45.3 Å². The van der Waals surface area contributed by atoms with Crippen LogP contribution in [0.2, 0.25) is 0 Å². The van der Waals surface area contributed by atoms with E-state index in [1.165, 1.54) is 16.7 Å². The second-order valence-electron chi connectivity index (χ2n) is 10.5. The predicted octanol–water partition coefficient (Wildman–Crippen LogP) is 8.38. The van der Waals surface area contributed by atoms with E-state index in [1.54, 1.807) is 0 Å². The molecule has 1 unspecified atom stereocenters. The Kier molecular flexibility index (Phi) is 5.17. The highest BCUT2D eigenvalue weighted by atomic mass is 16.5. The number of hydrogen-bond acceptors (Lipinski definition) is 4. The van der Waals surface area contributed by atoms with Crippen molar-refractivity contribution in [3.05, 3.63) is 155 Å². The fourth-order valence-electron chi connectivity index (χ4n) is 6.23. The Morgan fingerprint density at radius 1 is 0.850 bits per heavy atom. The van der Waals surface area contributed by atoms with Crippen molar-refractivity contribution in [2.75, 3.05) is 10.7 Å². The molecule has 0 aromatic heterocycles. The van der Waals surface area contributed by atoms with Crippen molar-refractivity contribution in [2.24, 2.45) is 0 Å². The fraction of sp³-hybridized carbons (Fsp3) is 0.0833. The Labute approximate surface area is 233 Å². The average Bonchev–Trinajstić information content (AvgIpc) is 3.68. The van der Waals surface area contributed by atoms with Gasteiger partial charge >= 0.3 is 0 Å². The van der Waals surface area contributed by atoms with Crippen molar-refractivity contribution in [1.29, 1.82) is 0 Å². The zero-order chi connectivity index (χ0) is 26.5. The zero-order valence-corrected chi connectivity index (χ0v) is 21.9. The Morgan fingerprint density at radius 2 is 1.73 bits per heavy atom. The third-order valence-electron chi connectivity index (χ3n) is 8.18. The van der Waals surface area contributed by atoms with Crippen LogP contribution >= 0.6 is 0 Å². The van der Waals surface area contributed by atoms with Crippen molar-refractivity contribution in [3.63, 3.8) is 0 Å². The summed E-state index contributed by atoms with van der Waals surface area (Å²) in [7, 11) is 0. The number of benzene rings is 4. The van der Waals surface area contributed by atoms with Crippen LogP contribution in [0.3, 0.4) is 0 Å². The summed E-state index contributed by atoms with van der Waals surface area (Å²) in [5.41, 5.74) is 21.1. The first-order valence-corrected chi connectivity index (χ1v) is 13.8. The maximum atomic E-state index is 6.42. The molecule has 2 bridgehead atoms. The standard InChI is InChI=1S/C36H27N3O/c1-2-10-25(9-1)36(31-13-5-7-15-33(31)38-39-36)26-18-20-27(21-19-26)37-32-14-6-3-12-29(32)30-22-17-24-23-35(30)40-34-16-8-4-11-28(24)34/h1-7,9,11-15,17-23,37-39H,8,16H2. The van der Waals surface area contributed by atoms with Gasteiger partial charge in [0.05, 0.1) is 5.69 Å². The number of fused-ring (bicyclic) bond motifs is 4. The molecule has 192 valence electrons. The third kappa shape index (κ3) is 3.51. The molecule has 0 radical (unpaired) electrons. The first kappa shape index (κ1) is 22.9. The number of hydrogen-bond donors (Lipinski definition) is 3. The van der Waals surface area contributed by atoms with Crippen LogP contribution in [0.1, 0.15) is 29.5 Å². The van der Waals surface area contributed by atoms with Crippen LogP contribution < -0.4 is 20.9 Å². The van der Waals surface area contributed by atoms with Crippen LogP contribution in [-0.2, 0) is 5.54 Å². The molecular formula is C36H27N3O. The van der Waals surface area contributed by atoms with Gasteiger partial charge in [-0.3, -0.25) is 0 Å². The molecule has 8 rings (SSSR count). The molecule has 0 fully saturated rings. The van der Waals surface area contributed by atoms with E-state index in [0.717, 1.165) is 63.7 Å². The summed E-state index contributed by atoms with van der Waals surface area (Å²) in [4.78, 5) is 0. The van der Waals surface area contributed by atoms with E-state index in [4.69, 9.17) is 4.74 Å². The zero-order valence-electron chi connectivity index (χ0n) is 21.9. The highest BCUT2D eigenvalue weighted by Gasteiger charge is 2.43. The van der Waals surface area contributed by atoms with Crippen LogP contribution in [-0.4, -0.2) is 0 Å². The molecule has 4 aromatic rings. The number of anilines is 3. The molecule has 4 aliphatic rings. The van der Waals surface area contributed by atoms with Gasteiger partial charge in [0, 0.05) is 45.6 Å². The summed E-state index contributed by atoms with van der Waals surface area (Å²) >= 11 is 0. The molecule has 2 aliphatic heterocycles. The lowest BCUT2D eigenvalue weighted by atomic mass is 9.78. The van der Waals surface area contributed by atoms with Crippen LogP contribution in [0.25, 0.3) is 16.7 Å². The quantitative estimate of drug-likeness (QED) is 0.233. The van der Waals surface area contributed by atoms with Gasteiger partial charge in [-0.15, -0.1) is 5.73 Å². The predicted molar refractivity (Wildman–Crippen MR) is 162 cm³/mol. The van der Waals surface area contributed by atoms with E-state index in [2.05, 4.69) is 131 Å². The summed E-state index contributed by atoms with van der Waals surface area (Å²) in [6.07, 6.45) is 12.5. The molecule has 2 aliphatic carbocycles. The highest BCUT2D eigenvalue weighted by molar-refractivity contribution is 5.88. The maximum absolute atomic E-state index is 6.42. The van der Waals surface area contributed by atoms with Crippen molar-refractivity contribution in [3.8, 4) is 16.9 Å². The van der Waals surface area contributed by atoms with Crippen molar-refractivity contribution >= 4 is 22.6 Å². The normalized spacial score (nSPS) is 19.6. The average molecular weight is 518 g/mol. The van der Waals surface area contributed by atoms with E-state index in [-0.39, 0.29) is 0 Å². The van der Waals surface area contributed by atoms with Gasteiger partial charge in [0.2, 0.25) is 0 Å². The van der Waals surface area contributed by atoms with E-state index in [0.29, 0.717) is 0 Å². The SMILES string of the molecule is C1=CC=CC=1C1(c2ccc(Nc3ccccc3-c3ccc4cc3OC3=C4C=CCC3)cc2)NNc2ccccc21. The number of hydrazine groups is 1. The van der Waals surface area contributed by atoms with Gasteiger partial charge in [0.1, 0.15) is 17.0 Å². The monoisotopic (exact) mass is 517 g/mol. The molecule has 0 amide bonds. The Hall–Kier alpha value is -5.02. The van der Waals surface area contributed by atoms with Crippen LogP contribution in [0.4, 0.5) is 17.1 Å². The van der Waals surface area contributed by atoms with E-state index >= 15 is 0 Å². The molecule has 0 saturated heterocycles. The Bertz CT molecular complexity index is 1840. The lowest BCUT2D eigenvalue weighted by Gasteiger charge is -2.30. The van der Waals surface area contributed by atoms with E-state index in [1.807, 2.05) is 12.2 Å². The summed E-state index contributed by atoms with van der Waals surface area (Å²) in [5.74, 6) is 1.99. The van der Waals surface area contributed by atoms with E-state index in [9.17, 15) is 0 Å². The number of nitrogens with one attached hydrogen (secondary N) is 3. The molecule has 0 spiro atoms. The minimum Gasteiger partial charge on any atom is -0.460 e. The largest absolute Gasteiger partial charge is 0.460 e. The summed E-state index contributed by atoms with van der Waals surface area (Å²) in [6, 6.07) is 32.1. The first-order chi connectivity index (χ1) is 19.8. The smallest absolute Gasteiger partial charge is 0.135 e. The third-order valence-corrected chi connectivity index (χ3v) is 8.18. The molecule has 0 saturated carbocycles. The molecular weight excluding hydrogens is 490 g/mol. The van der Waals surface area contributed by atoms with Gasteiger partial charge < -0.3 is 15.5 Å². The molecule has 3 N–H and O–H groups in total. The van der Waals surface area contributed by atoms with Crippen LogP contribution in [0.15, 0.2) is 138 Å². The van der Waals surface area contributed by atoms with Gasteiger partial charge in [-0.05, 0) is 66.1 Å². The van der Waals surface area contributed by atoms with E-state index < -0.39 is 5.54 Å². The van der Waals surface area contributed by atoms with Gasteiger partial charge in [0.25, 0.3) is 0 Å². The van der Waals surface area contributed by atoms with Crippen molar-refractivity contribution in [2.45, 2.75) is 18.4 Å². The Morgan fingerprint density at radius 3 is 2.62 bits per heavy atom. The Balaban J connectivity index is 1.13. The van der Waals surface area contributed by atoms with Crippen molar-refractivity contribution < 1.29 is 4.74 Å². The lowest BCUT2D eigenvalue weighted by Crippen LogP contribution is -2.41. The van der Waals surface area contributed by atoms with Crippen LogP contribution in [0.5, 0.6) is 5.75 Å². The number of rotatable bonds is 5. The summed E-state index contributed by atoms with van der Waals surface area (Å²) in [5, 5.41) is 3.67. The van der Waals surface area contributed by atoms with Crippen molar-refractivity contribution in [1.82, 2.24) is 5.43 Å². The molecule has 4 nitrogen and oxygen atoms in total. The summed E-state index contributed by atoms with van der Waals surface area (Å²) < 4.78 is 6.42. The molecule has 2 heterocycles. The summed E-state index contributed by atoms with van der Waals surface area (Å²) in [6.45, 7) is 0. The number of ether oxygens (including phenoxy) is 1. The molecule has 1 atom stereocenters. The second-order valence-corrected chi connectivity index (χ2v) is 10.5. The molecule has 4 aromatic carbocycles. The minimum atomic E-state index is -0.514. The van der Waals surface area contributed by atoms with Gasteiger partial charge in [-0.2, -0.15) is 0 Å². The van der Waals surface area contributed by atoms with Gasteiger partial charge in [0.15, 0.2) is 0 Å².